The normalized spacial score (nSPS) is 11.4. The summed E-state index contributed by atoms with van der Waals surface area (Å²) in [7, 11) is 3.32. The van der Waals surface area contributed by atoms with Gasteiger partial charge in [-0.1, -0.05) is 51.1 Å². The van der Waals surface area contributed by atoms with Gasteiger partial charge in [0.2, 0.25) is 0 Å². The molecule has 0 aromatic heterocycles. The summed E-state index contributed by atoms with van der Waals surface area (Å²) in [6.07, 6.45) is 0. The first-order valence-electron chi connectivity index (χ1n) is 9.03. The smallest absolute Gasteiger partial charge is 0.161 e. The molecule has 1 N–H and O–H groups in total. The van der Waals surface area contributed by atoms with Crippen molar-refractivity contribution in [3.05, 3.63) is 59.2 Å². The number of hydrogen-bond acceptors (Lipinski definition) is 4. The molecule has 0 aliphatic rings. The first-order valence-corrected chi connectivity index (χ1v) is 9.03. The van der Waals surface area contributed by atoms with Crippen LogP contribution in [0.25, 0.3) is 0 Å². The van der Waals surface area contributed by atoms with Crippen LogP contribution in [0.4, 0.5) is 0 Å². The first-order chi connectivity index (χ1) is 12.4. The maximum absolute atomic E-state index is 5.67. The Morgan fingerprint density at radius 3 is 2.08 bits per heavy atom. The van der Waals surface area contributed by atoms with E-state index in [4.69, 9.17) is 14.2 Å². The molecule has 4 nitrogen and oxygen atoms in total. The quantitative estimate of drug-likeness (QED) is 0.679. The Labute approximate surface area is 157 Å². The molecule has 0 unspecified atom stereocenters. The standard InChI is InChI=1S/C22H31NO3/c1-22(2,3)19-9-6-17(7-10-19)15-23-16-18-8-11-20(21(14-18)25-5)26-13-12-24-4/h6-11,14,23H,12-13,15-16H2,1-5H3. The van der Waals surface area contributed by atoms with Gasteiger partial charge in [-0.25, -0.2) is 0 Å². The van der Waals surface area contributed by atoms with Gasteiger partial charge in [-0.15, -0.1) is 0 Å². The number of nitrogens with one attached hydrogen (secondary N) is 1. The summed E-state index contributed by atoms with van der Waals surface area (Å²) in [4.78, 5) is 0. The lowest BCUT2D eigenvalue weighted by molar-refractivity contribution is 0.144. The molecule has 142 valence electrons. The molecular weight excluding hydrogens is 326 g/mol. The Bertz CT molecular complexity index is 675. The molecule has 2 rings (SSSR count). The summed E-state index contributed by atoms with van der Waals surface area (Å²) in [6, 6.07) is 14.8. The van der Waals surface area contributed by atoms with Gasteiger partial charge in [0.05, 0.1) is 13.7 Å². The van der Waals surface area contributed by atoms with E-state index in [1.807, 2.05) is 12.1 Å². The lowest BCUT2D eigenvalue weighted by atomic mass is 9.87. The predicted octanol–water partition coefficient (Wildman–Crippen LogP) is 4.31. The zero-order valence-corrected chi connectivity index (χ0v) is 16.6. The van der Waals surface area contributed by atoms with E-state index in [-0.39, 0.29) is 5.41 Å². The Kier molecular flexibility index (Phi) is 7.49. The average Bonchev–Trinajstić information content (AvgIpc) is 2.62. The fourth-order valence-electron chi connectivity index (χ4n) is 2.65. The summed E-state index contributed by atoms with van der Waals surface area (Å²) in [5.74, 6) is 1.49. The first kappa shape index (κ1) is 20.3. The Morgan fingerprint density at radius 1 is 0.808 bits per heavy atom. The van der Waals surface area contributed by atoms with Crippen molar-refractivity contribution in [3.63, 3.8) is 0 Å². The van der Waals surface area contributed by atoms with Gasteiger partial charge in [0.15, 0.2) is 11.5 Å². The van der Waals surface area contributed by atoms with Crippen molar-refractivity contribution in [1.29, 1.82) is 0 Å². The van der Waals surface area contributed by atoms with Crippen LogP contribution in [0.2, 0.25) is 0 Å². The summed E-state index contributed by atoms with van der Waals surface area (Å²) >= 11 is 0. The molecule has 0 saturated carbocycles. The molecule has 0 aliphatic carbocycles. The topological polar surface area (TPSA) is 39.7 Å². The van der Waals surface area contributed by atoms with E-state index in [0.717, 1.165) is 30.2 Å². The van der Waals surface area contributed by atoms with Gasteiger partial charge >= 0.3 is 0 Å². The van der Waals surface area contributed by atoms with Crippen molar-refractivity contribution in [3.8, 4) is 11.5 Å². The molecule has 0 bridgehead atoms. The largest absolute Gasteiger partial charge is 0.493 e. The number of methoxy groups -OCH3 is 2. The van der Waals surface area contributed by atoms with Crippen LogP contribution < -0.4 is 14.8 Å². The van der Waals surface area contributed by atoms with Crippen molar-refractivity contribution < 1.29 is 14.2 Å². The molecule has 2 aromatic rings. The highest BCUT2D eigenvalue weighted by Crippen LogP contribution is 2.28. The van der Waals surface area contributed by atoms with Gasteiger partial charge in [0.1, 0.15) is 6.61 Å². The maximum Gasteiger partial charge on any atom is 0.161 e. The monoisotopic (exact) mass is 357 g/mol. The van der Waals surface area contributed by atoms with Gasteiger partial charge < -0.3 is 19.5 Å². The van der Waals surface area contributed by atoms with Crippen molar-refractivity contribution in [2.24, 2.45) is 0 Å². The van der Waals surface area contributed by atoms with Crippen molar-refractivity contribution in [2.45, 2.75) is 39.3 Å². The molecule has 26 heavy (non-hydrogen) atoms. The number of benzene rings is 2. The third kappa shape index (κ3) is 6.04. The highest BCUT2D eigenvalue weighted by molar-refractivity contribution is 5.43. The van der Waals surface area contributed by atoms with E-state index in [9.17, 15) is 0 Å². The summed E-state index contributed by atoms with van der Waals surface area (Å²) < 4.78 is 16.1. The van der Waals surface area contributed by atoms with Crippen LogP contribution in [-0.4, -0.2) is 27.4 Å². The second-order valence-corrected chi connectivity index (χ2v) is 7.38. The predicted molar refractivity (Wildman–Crippen MR) is 106 cm³/mol. The van der Waals surface area contributed by atoms with Crippen LogP contribution in [0.5, 0.6) is 11.5 Å². The van der Waals surface area contributed by atoms with Crippen LogP contribution >= 0.6 is 0 Å². The molecule has 0 saturated heterocycles. The Balaban J connectivity index is 1.89. The molecule has 0 radical (unpaired) electrons. The van der Waals surface area contributed by atoms with Gasteiger partial charge in [-0.05, 0) is 34.2 Å². The van der Waals surface area contributed by atoms with Gasteiger partial charge in [-0.2, -0.15) is 0 Å². The minimum absolute atomic E-state index is 0.190. The van der Waals surface area contributed by atoms with E-state index >= 15 is 0 Å². The molecular formula is C22H31NO3. The molecule has 4 heteroatoms. The fourth-order valence-corrected chi connectivity index (χ4v) is 2.65. The highest BCUT2D eigenvalue weighted by Gasteiger charge is 2.12. The van der Waals surface area contributed by atoms with Crippen molar-refractivity contribution in [1.82, 2.24) is 5.32 Å². The number of ether oxygens (including phenoxy) is 3. The minimum atomic E-state index is 0.190. The van der Waals surface area contributed by atoms with Crippen LogP contribution in [0.1, 0.15) is 37.5 Å². The third-order valence-corrected chi connectivity index (χ3v) is 4.25. The van der Waals surface area contributed by atoms with Crippen LogP contribution in [-0.2, 0) is 23.2 Å². The second-order valence-electron chi connectivity index (χ2n) is 7.38. The number of hydrogen-bond donors (Lipinski definition) is 1. The van der Waals surface area contributed by atoms with Crippen molar-refractivity contribution >= 4 is 0 Å². The van der Waals surface area contributed by atoms with E-state index in [0.29, 0.717) is 13.2 Å². The molecule has 0 heterocycles. The Hall–Kier alpha value is -2.04. The van der Waals surface area contributed by atoms with Gasteiger partial charge in [0, 0.05) is 20.2 Å². The lowest BCUT2D eigenvalue weighted by Gasteiger charge is -2.19. The van der Waals surface area contributed by atoms with E-state index < -0.39 is 0 Å². The van der Waals surface area contributed by atoms with Crippen LogP contribution in [0.3, 0.4) is 0 Å². The summed E-state index contributed by atoms with van der Waals surface area (Å²) in [6.45, 7) is 9.37. The zero-order valence-electron chi connectivity index (χ0n) is 16.6. The van der Waals surface area contributed by atoms with Crippen LogP contribution in [0.15, 0.2) is 42.5 Å². The average molecular weight is 357 g/mol. The third-order valence-electron chi connectivity index (χ3n) is 4.25. The maximum atomic E-state index is 5.67. The molecule has 2 aromatic carbocycles. The lowest BCUT2D eigenvalue weighted by Crippen LogP contribution is -2.14. The zero-order chi connectivity index (χ0) is 19.0. The number of rotatable bonds is 9. The Morgan fingerprint density at radius 2 is 1.46 bits per heavy atom. The molecule has 0 atom stereocenters. The highest BCUT2D eigenvalue weighted by atomic mass is 16.5. The SMILES string of the molecule is COCCOc1ccc(CNCc2ccc(C(C)(C)C)cc2)cc1OC. The molecule has 0 aliphatic heterocycles. The minimum Gasteiger partial charge on any atom is -0.493 e. The summed E-state index contributed by atoms with van der Waals surface area (Å²) in [5.41, 5.74) is 3.99. The molecule has 0 fully saturated rings. The molecule has 0 amide bonds. The fraction of sp³-hybridized carbons (Fsp3) is 0.455. The van der Waals surface area contributed by atoms with E-state index in [1.54, 1.807) is 14.2 Å². The van der Waals surface area contributed by atoms with Crippen LogP contribution in [0, 0.1) is 0 Å². The second kappa shape index (κ2) is 9.60. The summed E-state index contributed by atoms with van der Waals surface area (Å²) in [5, 5.41) is 3.48. The van der Waals surface area contributed by atoms with Gasteiger partial charge in [0.25, 0.3) is 0 Å². The van der Waals surface area contributed by atoms with E-state index in [2.05, 4.69) is 56.4 Å². The van der Waals surface area contributed by atoms with E-state index in [1.165, 1.54) is 11.1 Å². The van der Waals surface area contributed by atoms with Gasteiger partial charge in [-0.3, -0.25) is 0 Å². The molecule has 0 spiro atoms. The van der Waals surface area contributed by atoms with Crippen molar-refractivity contribution in [2.75, 3.05) is 27.4 Å².